The van der Waals surface area contributed by atoms with Crippen LogP contribution in [0.15, 0.2) is 22.7 Å². The van der Waals surface area contributed by atoms with Crippen LogP contribution in [0.5, 0.6) is 5.75 Å². The molecule has 0 atom stereocenters. The van der Waals surface area contributed by atoms with Crippen LogP contribution in [0.3, 0.4) is 0 Å². The number of halogens is 1. The maximum atomic E-state index is 11.2. The Morgan fingerprint density at radius 2 is 2.16 bits per heavy atom. The molecule has 98 valence electrons. The molecule has 0 radical (unpaired) electrons. The van der Waals surface area contributed by atoms with Gasteiger partial charge < -0.3 is 9.30 Å². The number of fused-ring (bicyclic) bond motifs is 1. The third kappa shape index (κ3) is 2.18. The molecule has 5 heteroatoms. The minimum Gasteiger partial charge on any atom is -0.425 e. The van der Waals surface area contributed by atoms with Crippen LogP contribution in [-0.4, -0.2) is 16.8 Å². The van der Waals surface area contributed by atoms with Crippen LogP contribution in [-0.2, 0) is 4.79 Å². The zero-order valence-corrected chi connectivity index (χ0v) is 11.9. The van der Waals surface area contributed by atoms with E-state index in [1.165, 1.54) is 6.92 Å². The molecule has 1 fully saturated rings. The number of benzene rings is 1. The molecule has 0 amide bonds. The second-order valence-corrected chi connectivity index (χ2v) is 5.58. The second-order valence-electron chi connectivity index (χ2n) is 4.72. The number of ether oxygens (including phenoxy) is 1. The SMILES string of the molecule is CC(=O)Oc1cc2cc(C=O)n(C3CC3)c2cc1Br. The number of aldehydes is 1. The summed E-state index contributed by atoms with van der Waals surface area (Å²) in [5, 5.41) is 0.911. The van der Waals surface area contributed by atoms with Crippen molar-refractivity contribution >= 4 is 39.1 Å². The summed E-state index contributed by atoms with van der Waals surface area (Å²) in [7, 11) is 0. The van der Waals surface area contributed by atoms with E-state index >= 15 is 0 Å². The minimum atomic E-state index is -0.364. The lowest BCUT2D eigenvalue weighted by molar-refractivity contribution is -0.131. The maximum absolute atomic E-state index is 11.2. The van der Waals surface area contributed by atoms with Gasteiger partial charge >= 0.3 is 5.97 Å². The van der Waals surface area contributed by atoms with E-state index in [0.29, 0.717) is 22.0 Å². The van der Waals surface area contributed by atoms with E-state index in [4.69, 9.17) is 4.74 Å². The number of carbonyl (C=O) groups excluding carboxylic acids is 2. The normalized spacial score (nSPS) is 14.6. The van der Waals surface area contributed by atoms with Crippen LogP contribution in [0.25, 0.3) is 10.9 Å². The van der Waals surface area contributed by atoms with Crippen molar-refractivity contribution in [1.29, 1.82) is 0 Å². The molecule has 1 heterocycles. The van der Waals surface area contributed by atoms with Crippen LogP contribution in [0.2, 0.25) is 0 Å². The molecule has 1 aromatic heterocycles. The van der Waals surface area contributed by atoms with Crippen LogP contribution >= 0.6 is 15.9 Å². The van der Waals surface area contributed by atoms with Gasteiger partial charge in [0, 0.05) is 18.4 Å². The summed E-state index contributed by atoms with van der Waals surface area (Å²) in [6, 6.07) is 5.94. The molecule has 0 saturated heterocycles. The first-order valence-corrected chi connectivity index (χ1v) is 6.87. The molecule has 3 rings (SSSR count). The Kier molecular flexibility index (Phi) is 2.93. The molecular weight excluding hydrogens is 310 g/mol. The maximum Gasteiger partial charge on any atom is 0.308 e. The van der Waals surface area contributed by atoms with Crippen LogP contribution < -0.4 is 4.74 Å². The third-order valence-electron chi connectivity index (χ3n) is 3.21. The Bertz CT molecular complexity index is 686. The summed E-state index contributed by atoms with van der Waals surface area (Å²) >= 11 is 3.40. The van der Waals surface area contributed by atoms with Gasteiger partial charge in [0.25, 0.3) is 0 Å². The number of carbonyl (C=O) groups is 2. The zero-order chi connectivity index (χ0) is 13.6. The average Bonchev–Trinajstić information content (AvgIpc) is 3.12. The van der Waals surface area contributed by atoms with E-state index in [-0.39, 0.29) is 5.97 Å². The van der Waals surface area contributed by atoms with Gasteiger partial charge in [0.15, 0.2) is 6.29 Å². The van der Waals surface area contributed by atoms with E-state index in [1.54, 1.807) is 6.07 Å². The molecule has 0 bridgehead atoms. The largest absolute Gasteiger partial charge is 0.425 e. The van der Waals surface area contributed by atoms with Crippen molar-refractivity contribution in [3.05, 3.63) is 28.4 Å². The highest BCUT2D eigenvalue weighted by Gasteiger charge is 2.27. The molecule has 1 aromatic carbocycles. The van der Waals surface area contributed by atoms with Crippen molar-refractivity contribution in [2.24, 2.45) is 0 Å². The molecule has 0 spiro atoms. The Morgan fingerprint density at radius 1 is 1.42 bits per heavy atom. The molecule has 1 saturated carbocycles. The fraction of sp³-hybridized carbons (Fsp3) is 0.286. The Labute approximate surface area is 118 Å². The molecule has 19 heavy (non-hydrogen) atoms. The van der Waals surface area contributed by atoms with Crippen molar-refractivity contribution in [1.82, 2.24) is 4.57 Å². The average molecular weight is 322 g/mol. The monoisotopic (exact) mass is 321 g/mol. The highest BCUT2D eigenvalue weighted by atomic mass is 79.9. The van der Waals surface area contributed by atoms with Gasteiger partial charge in [-0.05, 0) is 47.0 Å². The quantitative estimate of drug-likeness (QED) is 0.494. The predicted molar refractivity (Wildman–Crippen MR) is 74.6 cm³/mol. The lowest BCUT2D eigenvalue weighted by Gasteiger charge is -2.08. The molecule has 0 unspecified atom stereocenters. The number of hydrogen-bond donors (Lipinski definition) is 0. The van der Waals surface area contributed by atoms with Gasteiger partial charge in [-0.2, -0.15) is 0 Å². The van der Waals surface area contributed by atoms with Crippen molar-refractivity contribution in [2.45, 2.75) is 25.8 Å². The first-order valence-electron chi connectivity index (χ1n) is 6.08. The molecule has 0 aliphatic heterocycles. The smallest absolute Gasteiger partial charge is 0.308 e. The van der Waals surface area contributed by atoms with E-state index in [2.05, 4.69) is 20.5 Å². The van der Waals surface area contributed by atoms with Crippen molar-refractivity contribution in [2.75, 3.05) is 0 Å². The zero-order valence-electron chi connectivity index (χ0n) is 10.4. The van der Waals surface area contributed by atoms with Gasteiger partial charge in [-0.1, -0.05) is 0 Å². The van der Waals surface area contributed by atoms with Crippen molar-refractivity contribution in [3.8, 4) is 5.75 Å². The summed E-state index contributed by atoms with van der Waals surface area (Å²) in [5.41, 5.74) is 1.66. The molecule has 2 aromatic rings. The van der Waals surface area contributed by atoms with Gasteiger partial charge in [0.05, 0.1) is 15.7 Å². The summed E-state index contributed by atoms with van der Waals surface area (Å²) < 4.78 is 7.90. The number of hydrogen-bond acceptors (Lipinski definition) is 3. The van der Waals surface area contributed by atoms with Crippen LogP contribution in [0, 0.1) is 0 Å². The summed E-state index contributed by atoms with van der Waals surface area (Å²) in [6.45, 7) is 1.36. The number of aromatic nitrogens is 1. The topological polar surface area (TPSA) is 48.3 Å². The Hall–Kier alpha value is -1.62. The third-order valence-corrected chi connectivity index (χ3v) is 3.83. The lowest BCUT2D eigenvalue weighted by Crippen LogP contribution is -2.02. The molecule has 1 aliphatic rings. The molecule has 4 nitrogen and oxygen atoms in total. The van der Waals surface area contributed by atoms with Crippen molar-refractivity contribution in [3.63, 3.8) is 0 Å². The van der Waals surface area contributed by atoms with Gasteiger partial charge in [-0.3, -0.25) is 9.59 Å². The van der Waals surface area contributed by atoms with Gasteiger partial charge in [0.1, 0.15) is 5.75 Å². The second kappa shape index (κ2) is 4.49. The fourth-order valence-electron chi connectivity index (χ4n) is 2.31. The highest BCUT2D eigenvalue weighted by molar-refractivity contribution is 9.10. The van der Waals surface area contributed by atoms with Crippen molar-refractivity contribution < 1.29 is 14.3 Å². The van der Waals surface area contributed by atoms with Crippen LogP contribution in [0.4, 0.5) is 0 Å². The van der Waals surface area contributed by atoms with E-state index in [0.717, 1.165) is 30.0 Å². The van der Waals surface area contributed by atoms with Gasteiger partial charge in [0.2, 0.25) is 0 Å². The minimum absolute atomic E-state index is 0.364. The number of rotatable bonds is 3. The lowest BCUT2D eigenvalue weighted by atomic mass is 10.2. The first-order chi connectivity index (χ1) is 9.10. The molecular formula is C14H12BrNO3. The Morgan fingerprint density at radius 3 is 2.74 bits per heavy atom. The van der Waals surface area contributed by atoms with E-state index < -0.39 is 0 Å². The van der Waals surface area contributed by atoms with E-state index in [1.807, 2.05) is 12.1 Å². The first kappa shape index (κ1) is 12.4. The molecule has 0 N–H and O–H groups in total. The summed E-state index contributed by atoms with van der Waals surface area (Å²) in [6.07, 6.45) is 3.08. The summed E-state index contributed by atoms with van der Waals surface area (Å²) in [4.78, 5) is 22.2. The van der Waals surface area contributed by atoms with Crippen LogP contribution in [0.1, 0.15) is 36.3 Å². The summed E-state index contributed by atoms with van der Waals surface area (Å²) in [5.74, 6) is 0.114. The molecule has 1 aliphatic carbocycles. The number of esters is 1. The van der Waals surface area contributed by atoms with Gasteiger partial charge in [-0.25, -0.2) is 0 Å². The fourth-order valence-corrected chi connectivity index (χ4v) is 2.73. The predicted octanol–water partition coefficient (Wildman–Crippen LogP) is 3.48. The number of nitrogens with zero attached hydrogens (tertiary/aromatic N) is 1. The standard InChI is InChI=1S/C14H12BrNO3/c1-8(18)19-14-5-9-4-11(7-17)16(10-2-3-10)13(9)6-12(14)15/h4-7,10H,2-3H2,1H3. The highest BCUT2D eigenvalue weighted by Crippen LogP contribution is 2.41. The Balaban J connectivity index is 2.19. The van der Waals surface area contributed by atoms with Gasteiger partial charge in [-0.15, -0.1) is 0 Å². The van der Waals surface area contributed by atoms with E-state index in [9.17, 15) is 9.59 Å².